The zero-order chi connectivity index (χ0) is 14.7. The zero-order valence-corrected chi connectivity index (χ0v) is 13.0. The van der Waals surface area contributed by atoms with E-state index >= 15 is 0 Å². The van der Waals surface area contributed by atoms with Crippen LogP contribution in [0.5, 0.6) is 0 Å². The molecule has 2 unspecified atom stereocenters. The Balaban J connectivity index is 2.25. The minimum Gasteiger partial charge on any atom is -0.353 e. The molecule has 3 nitrogen and oxygen atoms in total. The Morgan fingerprint density at radius 2 is 2.20 bits per heavy atom. The van der Waals surface area contributed by atoms with Gasteiger partial charge in [0.1, 0.15) is 11.6 Å². The van der Waals surface area contributed by atoms with E-state index in [-0.39, 0.29) is 5.82 Å². The van der Waals surface area contributed by atoms with E-state index in [1.165, 1.54) is 19.0 Å². The summed E-state index contributed by atoms with van der Waals surface area (Å²) in [6.07, 6.45) is 3.78. The van der Waals surface area contributed by atoms with Gasteiger partial charge in [-0.3, -0.25) is 0 Å². The van der Waals surface area contributed by atoms with Crippen molar-refractivity contribution in [1.82, 2.24) is 10.3 Å². The van der Waals surface area contributed by atoms with Crippen LogP contribution in [-0.4, -0.2) is 23.6 Å². The lowest BCUT2D eigenvalue weighted by Crippen LogP contribution is -2.43. The second-order valence-electron chi connectivity index (χ2n) is 6.23. The van der Waals surface area contributed by atoms with Gasteiger partial charge in [-0.05, 0) is 31.7 Å². The Kier molecular flexibility index (Phi) is 4.97. The van der Waals surface area contributed by atoms with Gasteiger partial charge in [-0.15, -0.1) is 0 Å². The van der Waals surface area contributed by atoms with Crippen LogP contribution in [0.1, 0.15) is 46.1 Å². The predicted molar refractivity (Wildman–Crippen MR) is 81.4 cm³/mol. The van der Waals surface area contributed by atoms with E-state index in [9.17, 15) is 4.39 Å². The van der Waals surface area contributed by atoms with Crippen molar-refractivity contribution >= 4 is 5.82 Å². The fourth-order valence-electron chi connectivity index (χ4n) is 2.81. The molecule has 0 aromatic carbocycles. The summed E-state index contributed by atoms with van der Waals surface area (Å²) in [7, 11) is 0. The maximum atomic E-state index is 13.5. The lowest BCUT2D eigenvalue weighted by Gasteiger charge is -2.39. The van der Waals surface area contributed by atoms with Crippen molar-refractivity contribution in [2.24, 2.45) is 5.92 Å². The molecule has 1 aliphatic heterocycles. The van der Waals surface area contributed by atoms with Crippen LogP contribution in [0.15, 0.2) is 12.3 Å². The van der Waals surface area contributed by atoms with Crippen LogP contribution in [0, 0.1) is 11.7 Å². The van der Waals surface area contributed by atoms with Gasteiger partial charge in [0.2, 0.25) is 0 Å². The summed E-state index contributed by atoms with van der Waals surface area (Å²) in [4.78, 5) is 6.71. The van der Waals surface area contributed by atoms with Gasteiger partial charge in [0.05, 0.1) is 6.20 Å². The van der Waals surface area contributed by atoms with Crippen LogP contribution in [0.4, 0.5) is 10.2 Å². The predicted octanol–water partition coefficient (Wildman–Crippen LogP) is 3.34. The highest BCUT2D eigenvalue weighted by atomic mass is 19.1. The highest BCUT2D eigenvalue weighted by Gasteiger charge is 2.27. The number of hydrogen-bond acceptors (Lipinski definition) is 3. The van der Waals surface area contributed by atoms with Gasteiger partial charge in [0.15, 0.2) is 0 Å². The van der Waals surface area contributed by atoms with Crippen LogP contribution in [-0.2, 0) is 6.54 Å². The number of nitrogens with zero attached hydrogens (tertiary/aromatic N) is 2. The summed E-state index contributed by atoms with van der Waals surface area (Å²) in [6, 6.07) is 2.45. The summed E-state index contributed by atoms with van der Waals surface area (Å²) in [6.45, 7) is 10.4. The standard InChI is InChI=1S/C16H26FN3/c1-11(2)18-9-14-8-15(17)10-19-16(14)20-7-5-6-12(3)13(20)4/h8,10-13,18H,5-7,9H2,1-4H3. The molecule has 4 heteroatoms. The first-order chi connectivity index (χ1) is 9.49. The Hall–Kier alpha value is -1.16. The van der Waals surface area contributed by atoms with Crippen LogP contribution in [0.2, 0.25) is 0 Å². The molecule has 2 atom stereocenters. The molecule has 0 amide bonds. The van der Waals surface area contributed by atoms with E-state index < -0.39 is 0 Å². The van der Waals surface area contributed by atoms with Gasteiger partial charge in [-0.1, -0.05) is 20.8 Å². The minimum atomic E-state index is -0.257. The van der Waals surface area contributed by atoms with Crippen LogP contribution >= 0.6 is 0 Å². The van der Waals surface area contributed by atoms with Crippen molar-refractivity contribution in [2.75, 3.05) is 11.4 Å². The molecule has 0 saturated carbocycles. The van der Waals surface area contributed by atoms with Crippen LogP contribution in [0.3, 0.4) is 0 Å². The average molecular weight is 279 g/mol. The molecule has 0 radical (unpaired) electrons. The summed E-state index contributed by atoms with van der Waals surface area (Å²) in [5, 5.41) is 3.36. The largest absolute Gasteiger partial charge is 0.353 e. The van der Waals surface area contributed by atoms with Crippen molar-refractivity contribution in [3.8, 4) is 0 Å². The summed E-state index contributed by atoms with van der Waals surface area (Å²) >= 11 is 0. The second kappa shape index (κ2) is 6.53. The molecule has 0 bridgehead atoms. The topological polar surface area (TPSA) is 28.2 Å². The third-order valence-electron chi connectivity index (χ3n) is 4.26. The zero-order valence-electron chi connectivity index (χ0n) is 13.0. The first-order valence-electron chi connectivity index (χ1n) is 7.63. The number of halogens is 1. The van der Waals surface area contributed by atoms with Crippen molar-refractivity contribution < 1.29 is 4.39 Å². The monoisotopic (exact) mass is 279 g/mol. The fraction of sp³-hybridized carbons (Fsp3) is 0.688. The molecule has 1 aromatic rings. The van der Waals surface area contributed by atoms with Gasteiger partial charge in [-0.2, -0.15) is 0 Å². The van der Waals surface area contributed by atoms with Crippen molar-refractivity contribution in [1.29, 1.82) is 0 Å². The molecule has 2 rings (SSSR count). The third kappa shape index (κ3) is 3.48. The highest BCUT2D eigenvalue weighted by Crippen LogP contribution is 2.29. The molecule has 2 heterocycles. The van der Waals surface area contributed by atoms with Gasteiger partial charge < -0.3 is 10.2 Å². The number of aromatic nitrogens is 1. The second-order valence-corrected chi connectivity index (χ2v) is 6.23. The molecule has 1 aliphatic rings. The molecular formula is C16H26FN3. The molecule has 20 heavy (non-hydrogen) atoms. The average Bonchev–Trinajstić information content (AvgIpc) is 2.40. The van der Waals surface area contributed by atoms with Crippen LogP contribution < -0.4 is 10.2 Å². The van der Waals surface area contributed by atoms with E-state index in [0.717, 1.165) is 17.9 Å². The summed E-state index contributed by atoms with van der Waals surface area (Å²) < 4.78 is 13.5. The first kappa shape index (κ1) is 15.2. The van der Waals surface area contributed by atoms with Crippen LogP contribution in [0.25, 0.3) is 0 Å². The molecule has 1 fully saturated rings. The minimum absolute atomic E-state index is 0.257. The van der Waals surface area contributed by atoms with Gasteiger partial charge >= 0.3 is 0 Å². The highest BCUT2D eigenvalue weighted by molar-refractivity contribution is 5.48. The number of anilines is 1. The number of rotatable bonds is 4. The van der Waals surface area contributed by atoms with Crippen molar-refractivity contribution in [3.63, 3.8) is 0 Å². The first-order valence-corrected chi connectivity index (χ1v) is 7.63. The summed E-state index contributed by atoms with van der Waals surface area (Å²) in [5.74, 6) is 1.34. The fourth-order valence-corrected chi connectivity index (χ4v) is 2.81. The maximum Gasteiger partial charge on any atom is 0.141 e. The molecule has 1 saturated heterocycles. The van der Waals surface area contributed by atoms with Crippen molar-refractivity contribution in [3.05, 3.63) is 23.6 Å². The lowest BCUT2D eigenvalue weighted by molar-refractivity contribution is 0.360. The number of piperidine rings is 1. The van der Waals surface area contributed by atoms with E-state index in [2.05, 4.69) is 42.9 Å². The Morgan fingerprint density at radius 1 is 1.45 bits per heavy atom. The number of nitrogens with one attached hydrogen (secondary N) is 1. The Labute approximate surface area is 121 Å². The molecule has 112 valence electrons. The number of pyridine rings is 1. The SMILES string of the molecule is CC(C)NCc1cc(F)cnc1N1CCCC(C)C1C. The molecule has 0 aliphatic carbocycles. The van der Waals surface area contributed by atoms with E-state index in [0.29, 0.717) is 24.5 Å². The lowest BCUT2D eigenvalue weighted by atomic mass is 9.92. The molecule has 0 spiro atoms. The molecule has 1 aromatic heterocycles. The van der Waals surface area contributed by atoms with Gasteiger partial charge in [-0.25, -0.2) is 9.37 Å². The Morgan fingerprint density at radius 3 is 2.90 bits per heavy atom. The quantitative estimate of drug-likeness (QED) is 0.916. The normalized spacial score (nSPS) is 23.4. The third-order valence-corrected chi connectivity index (χ3v) is 4.26. The van der Waals surface area contributed by atoms with E-state index in [1.54, 1.807) is 6.07 Å². The Bertz CT molecular complexity index is 447. The van der Waals surface area contributed by atoms with E-state index in [4.69, 9.17) is 0 Å². The maximum absolute atomic E-state index is 13.5. The van der Waals surface area contributed by atoms with Gasteiger partial charge in [0, 0.05) is 30.7 Å². The van der Waals surface area contributed by atoms with E-state index in [1.807, 2.05) is 0 Å². The smallest absolute Gasteiger partial charge is 0.141 e. The molecule has 1 N–H and O–H groups in total. The summed E-state index contributed by atoms with van der Waals surface area (Å²) in [5.41, 5.74) is 0.958. The molecular weight excluding hydrogens is 253 g/mol. The van der Waals surface area contributed by atoms with Crippen molar-refractivity contribution in [2.45, 2.75) is 59.2 Å². The number of hydrogen-bond donors (Lipinski definition) is 1. The van der Waals surface area contributed by atoms with Gasteiger partial charge in [0.25, 0.3) is 0 Å².